The Kier molecular flexibility index (Phi) is 2.16. The summed E-state index contributed by atoms with van der Waals surface area (Å²) in [5.74, 6) is 1.12. The van der Waals surface area contributed by atoms with Crippen molar-refractivity contribution in [2.45, 2.75) is 11.8 Å². The third kappa shape index (κ3) is 1.75. The number of hydrogen-bond acceptors (Lipinski definition) is 2. The lowest BCUT2D eigenvalue weighted by Crippen LogP contribution is -1.83. The third-order valence-electron chi connectivity index (χ3n) is 0.992. The van der Waals surface area contributed by atoms with Crippen molar-refractivity contribution in [2.75, 3.05) is 5.75 Å². The fourth-order valence-corrected chi connectivity index (χ4v) is 1.32. The number of thioether (sulfide) groups is 1. The molecule has 0 N–H and O–H groups in total. The Labute approximate surface area is 59.3 Å². The Morgan fingerprint density at radius 2 is 2.56 bits per heavy atom. The Morgan fingerprint density at radius 3 is 3.00 bits per heavy atom. The van der Waals surface area contributed by atoms with Crippen LogP contribution in [0.4, 0.5) is 0 Å². The molecule has 1 aromatic rings. The van der Waals surface area contributed by atoms with Gasteiger partial charge in [0.1, 0.15) is 0 Å². The molecule has 0 atom stereocenters. The summed E-state index contributed by atoms with van der Waals surface area (Å²) in [6.07, 6.45) is 3.91. The molecule has 0 saturated heterocycles. The summed E-state index contributed by atoms with van der Waals surface area (Å²) in [5.41, 5.74) is 0. The number of aromatic nitrogens is 2. The van der Waals surface area contributed by atoms with E-state index in [-0.39, 0.29) is 0 Å². The standard InChI is InChI=1S/C6H10N2S/c1-3-9-6-4-7-8(2)5-6/h4-5H,3H2,1-2H3. The van der Waals surface area contributed by atoms with Crippen LogP contribution < -0.4 is 0 Å². The van der Waals surface area contributed by atoms with Gasteiger partial charge in [-0.2, -0.15) is 5.10 Å². The maximum atomic E-state index is 4.03. The highest BCUT2D eigenvalue weighted by atomic mass is 32.2. The smallest absolute Gasteiger partial charge is 0.0625 e. The normalized spacial score (nSPS) is 10.0. The SMILES string of the molecule is CCSc1cnn(C)c1. The van der Waals surface area contributed by atoms with Gasteiger partial charge in [-0.25, -0.2) is 0 Å². The number of aryl methyl sites for hydroxylation is 1. The van der Waals surface area contributed by atoms with E-state index in [9.17, 15) is 0 Å². The average Bonchev–Trinajstić information content (AvgIpc) is 2.17. The van der Waals surface area contributed by atoms with Crippen LogP contribution in [-0.2, 0) is 7.05 Å². The van der Waals surface area contributed by atoms with Crippen molar-refractivity contribution < 1.29 is 0 Å². The van der Waals surface area contributed by atoms with E-state index >= 15 is 0 Å². The third-order valence-corrected chi connectivity index (χ3v) is 1.83. The Balaban J connectivity index is 2.61. The zero-order valence-corrected chi connectivity index (χ0v) is 6.48. The van der Waals surface area contributed by atoms with E-state index in [1.807, 2.05) is 35.9 Å². The highest BCUT2D eigenvalue weighted by molar-refractivity contribution is 7.99. The van der Waals surface area contributed by atoms with Crippen molar-refractivity contribution in [2.24, 2.45) is 7.05 Å². The number of rotatable bonds is 2. The van der Waals surface area contributed by atoms with E-state index in [0.717, 1.165) is 5.75 Å². The first-order valence-corrected chi connectivity index (χ1v) is 3.93. The lowest BCUT2D eigenvalue weighted by molar-refractivity contribution is 0.766. The van der Waals surface area contributed by atoms with Gasteiger partial charge in [-0.05, 0) is 5.75 Å². The minimum absolute atomic E-state index is 1.12. The lowest BCUT2D eigenvalue weighted by Gasteiger charge is -1.86. The molecule has 0 aliphatic heterocycles. The Bertz CT molecular complexity index is 183. The molecule has 0 aliphatic carbocycles. The molecule has 0 bridgehead atoms. The molecule has 50 valence electrons. The van der Waals surface area contributed by atoms with Gasteiger partial charge in [-0.15, -0.1) is 11.8 Å². The van der Waals surface area contributed by atoms with E-state index in [2.05, 4.69) is 12.0 Å². The summed E-state index contributed by atoms with van der Waals surface area (Å²) in [6, 6.07) is 0. The Hall–Kier alpha value is -0.440. The first kappa shape index (κ1) is 6.68. The summed E-state index contributed by atoms with van der Waals surface area (Å²) in [7, 11) is 1.93. The molecular weight excluding hydrogens is 132 g/mol. The molecule has 1 heterocycles. The summed E-state index contributed by atoms with van der Waals surface area (Å²) in [5, 5.41) is 4.03. The molecule has 3 heteroatoms. The first-order valence-electron chi connectivity index (χ1n) is 2.94. The second-order valence-electron chi connectivity index (χ2n) is 1.78. The Morgan fingerprint density at radius 1 is 1.78 bits per heavy atom. The van der Waals surface area contributed by atoms with Crippen molar-refractivity contribution in [3.63, 3.8) is 0 Å². The quantitative estimate of drug-likeness (QED) is 0.583. The van der Waals surface area contributed by atoms with Crippen LogP contribution in [-0.4, -0.2) is 15.5 Å². The molecule has 0 radical (unpaired) electrons. The van der Waals surface area contributed by atoms with Crippen LogP contribution in [0.1, 0.15) is 6.92 Å². The highest BCUT2D eigenvalue weighted by Gasteiger charge is 1.91. The van der Waals surface area contributed by atoms with E-state index in [4.69, 9.17) is 0 Å². The van der Waals surface area contributed by atoms with Crippen molar-refractivity contribution >= 4 is 11.8 Å². The van der Waals surface area contributed by atoms with E-state index < -0.39 is 0 Å². The number of hydrogen-bond donors (Lipinski definition) is 0. The van der Waals surface area contributed by atoms with Crippen molar-refractivity contribution in [1.82, 2.24) is 9.78 Å². The predicted octanol–water partition coefficient (Wildman–Crippen LogP) is 1.53. The molecule has 0 unspecified atom stereocenters. The van der Waals surface area contributed by atoms with Gasteiger partial charge in [0.15, 0.2) is 0 Å². The maximum Gasteiger partial charge on any atom is 0.0625 e. The first-order chi connectivity index (χ1) is 4.33. The molecule has 0 aliphatic rings. The van der Waals surface area contributed by atoms with Gasteiger partial charge < -0.3 is 0 Å². The van der Waals surface area contributed by atoms with Gasteiger partial charge >= 0.3 is 0 Å². The molecule has 0 saturated carbocycles. The fourth-order valence-electron chi connectivity index (χ4n) is 0.640. The van der Waals surface area contributed by atoms with Crippen LogP contribution >= 0.6 is 11.8 Å². The summed E-state index contributed by atoms with van der Waals surface area (Å²) in [6.45, 7) is 2.14. The zero-order chi connectivity index (χ0) is 6.69. The van der Waals surface area contributed by atoms with Gasteiger partial charge in [-0.1, -0.05) is 6.92 Å². The van der Waals surface area contributed by atoms with E-state index in [0.29, 0.717) is 0 Å². The molecule has 9 heavy (non-hydrogen) atoms. The summed E-state index contributed by atoms with van der Waals surface area (Å²) < 4.78 is 1.82. The van der Waals surface area contributed by atoms with Crippen molar-refractivity contribution in [3.05, 3.63) is 12.4 Å². The van der Waals surface area contributed by atoms with Gasteiger partial charge in [0, 0.05) is 18.1 Å². The molecule has 0 amide bonds. The highest BCUT2D eigenvalue weighted by Crippen LogP contribution is 2.14. The monoisotopic (exact) mass is 142 g/mol. The molecule has 0 spiro atoms. The van der Waals surface area contributed by atoms with Crippen LogP contribution in [0.25, 0.3) is 0 Å². The van der Waals surface area contributed by atoms with Crippen LogP contribution in [0.15, 0.2) is 17.3 Å². The largest absolute Gasteiger partial charge is 0.275 e. The van der Waals surface area contributed by atoms with Gasteiger partial charge in [-0.3, -0.25) is 4.68 Å². The maximum absolute atomic E-state index is 4.03. The van der Waals surface area contributed by atoms with Crippen LogP contribution in [0.3, 0.4) is 0 Å². The van der Waals surface area contributed by atoms with Crippen molar-refractivity contribution in [1.29, 1.82) is 0 Å². The van der Waals surface area contributed by atoms with Crippen LogP contribution in [0, 0.1) is 0 Å². The van der Waals surface area contributed by atoms with Gasteiger partial charge in [0.2, 0.25) is 0 Å². The lowest BCUT2D eigenvalue weighted by atomic mass is 10.7. The second kappa shape index (κ2) is 2.92. The summed E-state index contributed by atoms with van der Waals surface area (Å²) in [4.78, 5) is 1.25. The van der Waals surface area contributed by atoms with E-state index in [1.54, 1.807) is 0 Å². The fraction of sp³-hybridized carbons (Fsp3) is 0.500. The predicted molar refractivity (Wildman–Crippen MR) is 39.6 cm³/mol. The second-order valence-corrected chi connectivity index (χ2v) is 3.12. The van der Waals surface area contributed by atoms with Gasteiger partial charge in [0.25, 0.3) is 0 Å². The van der Waals surface area contributed by atoms with Gasteiger partial charge in [0.05, 0.1) is 6.20 Å². The molecule has 1 aromatic heterocycles. The number of nitrogens with zero attached hydrogens (tertiary/aromatic N) is 2. The van der Waals surface area contributed by atoms with E-state index in [1.165, 1.54) is 4.90 Å². The average molecular weight is 142 g/mol. The molecular formula is C6H10N2S. The molecule has 1 rings (SSSR count). The van der Waals surface area contributed by atoms with Crippen LogP contribution in [0.5, 0.6) is 0 Å². The topological polar surface area (TPSA) is 17.8 Å². The molecule has 2 nitrogen and oxygen atoms in total. The molecule has 0 aromatic carbocycles. The minimum atomic E-state index is 1.12. The summed E-state index contributed by atoms with van der Waals surface area (Å²) >= 11 is 1.81. The van der Waals surface area contributed by atoms with Crippen molar-refractivity contribution in [3.8, 4) is 0 Å². The minimum Gasteiger partial charge on any atom is -0.275 e. The zero-order valence-electron chi connectivity index (χ0n) is 5.66. The van der Waals surface area contributed by atoms with Crippen LogP contribution in [0.2, 0.25) is 0 Å². The molecule has 0 fully saturated rings.